The Kier molecular flexibility index (Phi) is 8.16. The average molecular weight is 602 g/mol. The van der Waals surface area contributed by atoms with Crippen molar-refractivity contribution in [2.75, 3.05) is 12.3 Å². The van der Waals surface area contributed by atoms with Crippen LogP contribution in [0, 0.1) is 3.57 Å². The summed E-state index contributed by atoms with van der Waals surface area (Å²) in [6, 6.07) is 0. The first-order valence-electron chi connectivity index (χ1n) is 10.9. The van der Waals surface area contributed by atoms with Crippen molar-refractivity contribution in [1.29, 1.82) is 0 Å². The van der Waals surface area contributed by atoms with Gasteiger partial charge in [-0.15, -0.1) is 0 Å². The highest BCUT2D eigenvalue weighted by Crippen LogP contribution is 2.43. The molecule has 11 heteroatoms. The first-order chi connectivity index (χ1) is 14.3. The highest BCUT2D eigenvalue weighted by molar-refractivity contribution is 14.1. The molecule has 1 fully saturated rings. The number of nitrogens with zero attached hydrogens (tertiary/aromatic N) is 2. The summed E-state index contributed by atoms with van der Waals surface area (Å²) in [6.07, 6.45) is -2.68. The number of aromatic nitrogens is 2. The number of rotatable bonds is 6. The zero-order valence-corrected chi connectivity index (χ0v) is 25.1. The molecule has 0 radical (unpaired) electrons. The van der Waals surface area contributed by atoms with E-state index in [1.165, 1.54) is 10.8 Å². The predicted molar refractivity (Wildman–Crippen MR) is 140 cm³/mol. The molecular weight excluding hydrogens is 562 g/mol. The Labute approximate surface area is 207 Å². The summed E-state index contributed by atoms with van der Waals surface area (Å²) in [5.41, 5.74) is 5.10. The third kappa shape index (κ3) is 5.82. The van der Waals surface area contributed by atoms with Crippen molar-refractivity contribution in [2.45, 2.75) is 102 Å². The van der Waals surface area contributed by atoms with Crippen LogP contribution in [-0.4, -0.2) is 51.2 Å². The molecule has 1 aliphatic rings. The number of nitrogens with two attached hydrogens (primary N) is 1. The van der Waals surface area contributed by atoms with E-state index in [4.69, 9.17) is 19.3 Å². The first-order valence-corrected chi connectivity index (χ1v) is 17.8. The number of halogens is 2. The van der Waals surface area contributed by atoms with Crippen LogP contribution in [0.4, 0.5) is 10.2 Å². The van der Waals surface area contributed by atoms with Crippen LogP contribution in [0.5, 0.6) is 0 Å². The fourth-order valence-corrected chi connectivity index (χ4v) is 5.61. The van der Waals surface area contributed by atoms with Crippen molar-refractivity contribution in [1.82, 2.24) is 9.55 Å². The van der Waals surface area contributed by atoms with Crippen LogP contribution >= 0.6 is 22.6 Å². The minimum absolute atomic E-state index is 0.00380. The lowest BCUT2D eigenvalue weighted by molar-refractivity contribution is -0.0455. The Hall–Kier alpha value is -0.346. The number of ether oxygens (including phenoxy) is 1. The van der Waals surface area contributed by atoms with E-state index in [-0.39, 0.29) is 22.5 Å². The molecule has 0 amide bonds. The summed E-state index contributed by atoms with van der Waals surface area (Å²) in [7, 11) is -4.41. The van der Waals surface area contributed by atoms with E-state index >= 15 is 4.39 Å². The van der Waals surface area contributed by atoms with Crippen molar-refractivity contribution < 1.29 is 18.0 Å². The van der Waals surface area contributed by atoms with Gasteiger partial charge in [0.2, 0.25) is 0 Å². The minimum atomic E-state index is -2.32. The molecule has 1 saturated heterocycles. The van der Waals surface area contributed by atoms with E-state index < -0.39 is 46.9 Å². The van der Waals surface area contributed by atoms with Gasteiger partial charge in [-0.1, -0.05) is 41.5 Å². The van der Waals surface area contributed by atoms with Gasteiger partial charge in [0.25, 0.3) is 0 Å². The van der Waals surface area contributed by atoms with Crippen LogP contribution in [0.15, 0.2) is 11.0 Å². The van der Waals surface area contributed by atoms with Gasteiger partial charge in [0.05, 0.1) is 10.2 Å². The lowest BCUT2D eigenvalue weighted by atomic mass is 10.1. The number of alkyl halides is 1. The SMILES string of the molecule is CC(C)(C)[Si](C)(C)OC[C@H]1O[C@@H](n2cc(I)c([15NH2])[15n]c2=O)[C@H](F)[C@@H]1O[Si](C)(C)C(C)(C)C. The van der Waals surface area contributed by atoms with Gasteiger partial charge in [0, 0.05) is 6.20 Å². The van der Waals surface area contributed by atoms with E-state index in [0.29, 0.717) is 3.57 Å². The van der Waals surface area contributed by atoms with Crippen molar-refractivity contribution in [3.05, 3.63) is 20.3 Å². The van der Waals surface area contributed by atoms with Crippen molar-refractivity contribution >= 4 is 45.0 Å². The fourth-order valence-electron chi connectivity index (χ4n) is 2.86. The lowest BCUT2D eigenvalue weighted by Gasteiger charge is -2.40. The number of hydrogen-bond acceptors (Lipinski definition) is 6. The smallest absolute Gasteiger partial charge is 0.351 e. The van der Waals surface area contributed by atoms with Crippen molar-refractivity contribution in [3.63, 3.8) is 0 Å². The standard InChI is InChI=1S/C21H39FIN3O4Si2/c1-20(2,3)31(7,8)28-12-14-16(30-32(9,10)21(4,5)6)15(22)18(29-14)26-11-13(23)17(24)25-19(26)27/h11,14-16,18H,12H2,1-10H3,(H2,24,25,27)/t14-,15-,16-,18-/m1/s1/i24+1,25+1. The maximum Gasteiger partial charge on any atom is 0.351 e. The maximum absolute atomic E-state index is 15.9. The molecule has 0 unspecified atom stereocenters. The molecule has 2 N–H and O–H groups in total. The highest BCUT2D eigenvalue weighted by Gasteiger charge is 2.52. The molecule has 0 spiro atoms. The van der Waals surface area contributed by atoms with Gasteiger partial charge in [-0.3, -0.25) is 4.57 Å². The van der Waals surface area contributed by atoms with E-state index in [0.717, 1.165) is 0 Å². The maximum atomic E-state index is 15.9. The van der Waals surface area contributed by atoms with Gasteiger partial charge < -0.3 is 19.3 Å². The molecule has 1 aliphatic heterocycles. The quantitative estimate of drug-likeness (QED) is 0.278. The van der Waals surface area contributed by atoms with Crippen LogP contribution < -0.4 is 11.4 Å². The molecule has 0 aliphatic carbocycles. The molecule has 7 nitrogen and oxygen atoms in total. The molecule has 184 valence electrons. The van der Waals surface area contributed by atoms with E-state index in [1.807, 2.05) is 22.6 Å². The van der Waals surface area contributed by atoms with Crippen LogP contribution in [0.3, 0.4) is 0 Å². The summed E-state index contributed by atoms with van der Waals surface area (Å²) in [5, 5.41) is -0.103. The monoisotopic (exact) mass is 601 g/mol. The van der Waals surface area contributed by atoms with Crippen LogP contribution in [-0.2, 0) is 13.6 Å². The third-order valence-electron chi connectivity index (χ3n) is 7.13. The van der Waals surface area contributed by atoms with E-state index in [1.54, 1.807) is 0 Å². The minimum Gasteiger partial charge on any atom is -0.414 e. The van der Waals surface area contributed by atoms with Gasteiger partial charge >= 0.3 is 5.69 Å². The summed E-state index contributed by atoms with van der Waals surface area (Å²) in [4.78, 5) is 16.3. The average Bonchev–Trinajstić information content (AvgIpc) is 2.90. The Morgan fingerprint density at radius 1 is 1.16 bits per heavy atom. The second-order valence-corrected chi connectivity index (χ2v) is 22.3. The van der Waals surface area contributed by atoms with Gasteiger partial charge in [0.1, 0.15) is 18.0 Å². The zero-order valence-electron chi connectivity index (χ0n) is 21.0. The third-order valence-corrected chi connectivity index (χ3v) is 16.9. The summed E-state index contributed by atoms with van der Waals surface area (Å²) < 4.78 is 36.6. The summed E-state index contributed by atoms with van der Waals surface area (Å²) in [6.45, 7) is 21.5. The van der Waals surface area contributed by atoms with E-state index in [9.17, 15) is 4.79 Å². The van der Waals surface area contributed by atoms with Gasteiger partial charge in [-0.2, -0.15) is 4.98 Å². The number of anilines is 1. The van der Waals surface area contributed by atoms with Gasteiger partial charge in [-0.25, -0.2) is 9.18 Å². The largest absolute Gasteiger partial charge is 0.414 e. The molecule has 2 rings (SSSR count). The molecule has 1 aromatic heterocycles. The normalized spacial score (nSPS) is 25.4. The Balaban J connectivity index is 2.40. The van der Waals surface area contributed by atoms with Crippen LogP contribution in [0.1, 0.15) is 47.8 Å². The van der Waals surface area contributed by atoms with Gasteiger partial charge in [0.15, 0.2) is 29.0 Å². The predicted octanol–water partition coefficient (Wildman–Crippen LogP) is 5.08. The summed E-state index contributed by atoms with van der Waals surface area (Å²) >= 11 is 1.97. The number of hydrogen-bond donors (Lipinski definition) is 1. The summed E-state index contributed by atoms with van der Waals surface area (Å²) in [5.74, 6) is 0.118. The second-order valence-electron chi connectivity index (χ2n) is 11.6. The molecule has 0 aromatic carbocycles. The second kappa shape index (κ2) is 9.36. The lowest BCUT2D eigenvalue weighted by Crippen LogP contribution is -2.50. The molecule has 1 aromatic rings. The molecule has 32 heavy (non-hydrogen) atoms. The zero-order chi connectivity index (χ0) is 24.9. The topological polar surface area (TPSA) is 88.6 Å². The van der Waals surface area contributed by atoms with E-state index in [2.05, 4.69) is 72.7 Å². The molecular formula is C21H39FIN3O4Si2. The highest BCUT2D eigenvalue weighted by atomic mass is 127. The number of nitrogen functional groups attached to an aromatic ring is 1. The van der Waals surface area contributed by atoms with Gasteiger partial charge in [-0.05, 0) is 58.9 Å². The Morgan fingerprint density at radius 3 is 2.19 bits per heavy atom. The first kappa shape index (κ1) is 27.9. The van der Waals surface area contributed by atoms with Crippen LogP contribution in [0.25, 0.3) is 0 Å². The molecule has 0 saturated carbocycles. The van der Waals surface area contributed by atoms with Crippen LogP contribution in [0.2, 0.25) is 36.3 Å². The fraction of sp³-hybridized carbons (Fsp3) is 0.810. The van der Waals surface area contributed by atoms with Crippen molar-refractivity contribution in [2.24, 2.45) is 0 Å². The Morgan fingerprint density at radius 2 is 1.69 bits per heavy atom. The van der Waals surface area contributed by atoms with Crippen molar-refractivity contribution in [3.8, 4) is 0 Å². The Bertz CT molecular complexity index is 883. The molecule has 4 atom stereocenters. The molecule has 2 heterocycles. The molecule has 0 bridgehead atoms.